The molecule has 0 aliphatic heterocycles. The summed E-state index contributed by atoms with van der Waals surface area (Å²) in [4.78, 5) is 13.8. The summed E-state index contributed by atoms with van der Waals surface area (Å²) < 4.78 is 0. The number of nitrogens with two attached hydrogens (primary N) is 1. The first-order valence-electron chi connectivity index (χ1n) is 6.42. The second kappa shape index (κ2) is 7.13. The number of nitrogens with one attached hydrogen (secondary N) is 1. The van der Waals surface area contributed by atoms with E-state index in [9.17, 15) is 4.79 Å². The minimum absolute atomic E-state index is 0.248. The number of nitrogen functional groups attached to an aromatic ring is 1. The third-order valence-electron chi connectivity index (χ3n) is 3.32. The van der Waals surface area contributed by atoms with Crippen LogP contribution in [0.4, 0.5) is 0 Å². The highest BCUT2D eigenvalue weighted by Gasteiger charge is 2.11. The van der Waals surface area contributed by atoms with Gasteiger partial charge >= 0.3 is 0 Å². The molecule has 100 valence electrons. The third kappa shape index (κ3) is 3.82. The Morgan fingerprint density at radius 1 is 1.39 bits per heavy atom. The van der Waals surface area contributed by atoms with Crippen molar-refractivity contribution in [2.24, 2.45) is 5.84 Å². The summed E-state index contributed by atoms with van der Waals surface area (Å²) in [6.07, 6.45) is 2.27. The molecule has 0 atom stereocenters. The molecule has 0 aliphatic carbocycles. The summed E-state index contributed by atoms with van der Waals surface area (Å²) in [6, 6.07) is 8.16. The predicted molar refractivity (Wildman–Crippen MR) is 73.9 cm³/mol. The number of carbonyl (C=O) groups is 1. The molecule has 0 heterocycles. The SMILES string of the molecule is CCC(CC)N(C)Cc1cccc(C(=O)NN)c1. The molecule has 0 spiro atoms. The number of rotatable bonds is 6. The van der Waals surface area contributed by atoms with Gasteiger partial charge in [-0.15, -0.1) is 0 Å². The van der Waals surface area contributed by atoms with Crippen LogP contribution in [0.2, 0.25) is 0 Å². The van der Waals surface area contributed by atoms with Crippen molar-refractivity contribution in [1.82, 2.24) is 10.3 Å². The Morgan fingerprint density at radius 3 is 2.61 bits per heavy atom. The first-order valence-corrected chi connectivity index (χ1v) is 6.42. The lowest BCUT2D eigenvalue weighted by molar-refractivity contribution is 0.0953. The van der Waals surface area contributed by atoms with Crippen LogP contribution >= 0.6 is 0 Å². The molecular weight excluding hydrogens is 226 g/mol. The van der Waals surface area contributed by atoms with Crippen molar-refractivity contribution in [1.29, 1.82) is 0 Å². The molecular formula is C14H23N3O. The van der Waals surface area contributed by atoms with Crippen molar-refractivity contribution in [2.75, 3.05) is 7.05 Å². The predicted octanol–water partition coefficient (Wildman–Crippen LogP) is 1.91. The number of carbonyl (C=O) groups excluding carboxylic acids is 1. The van der Waals surface area contributed by atoms with Gasteiger partial charge in [-0.25, -0.2) is 5.84 Å². The van der Waals surface area contributed by atoms with E-state index in [-0.39, 0.29) is 5.91 Å². The molecule has 1 aromatic rings. The van der Waals surface area contributed by atoms with Gasteiger partial charge in [0.15, 0.2) is 0 Å². The van der Waals surface area contributed by atoms with E-state index in [1.54, 1.807) is 6.07 Å². The Balaban J connectivity index is 2.75. The van der Waals surface area contributed by atoms with Crippen LogP contribution in [0.5, 0.6) is 0 Å². The van der Waals surface area contributed by atoms with Crippen LogP contribution in [0, 0.1) is 0 Å². The zero-order chi connectivity index (χ0) is 13.5. The highest BCUT2D eigenvalue weighted by atomic mass is 16.2. The van der Waals surface area contributed by atoms with Crippen molar-refractivity contribution < 1.29 is 4.79 Å². The van der Waals surface area contributed by atoms with E-state index in [0.717, 1.165) is 24.9 Å². The zero-order valence-electron chi connectivity index (χ0n) is 11.4. The normalized spacial score (nSPS) is 11.0. The summed E-state index contributed by atoms with van der Waals surface area (Å²) in [5, 5.41) is 0. The summed E-state index contributed by atoms with van der Waals surface area (Å²) in [6.45, 7) is 5.24. The highest BCUT2D eigenvalue weighted by molar-refractivity contribution is 5.93. The number of amides is 1. The molecule has 1 aromatic carbocycles. The maximum atomic E-state index is 11.4. The molecule has 0 unspecified atom stereocenters. The van der Waals surface area contributed by atoms with Gasteiger partial charge < -0.3 is 0 Å². The van der Waals surface area contributed by atoms with Gasteiger partial charge in [0.1, 0.15) is 0 Å². The van der Waals surface area contributed by atoms with Crippen LogP contribution in [0.15, 0.2) is 24.3 Å². The van der Waals surface area contributed by atoms with Gasteiger partial charge in [-0.05, 0) is 37.6 Å². The van der Waals surface area contributed by atoms with Crippen molar-refractivity contribution >= 4 is 5.91 Å². The van der Waals surface area contributed by atoms with E-state index in [0.29, 0.717) is 11.6 Å². The fourth-order valence-electron chi connectivity index (χ4n) is 2.22. The number of hydrogen-bond donors (Lipinski definition) is 2. The molecule has 1 rings (SSSR count). The van der Waals surface area contributed by atoms with Crippen LogP contribution < -0.4 is 11.3 Å². The quantitative estimate of drug-likeness (QED) is 0.460. The van der Waals surface area contributed by atoms with Crippen LogP contribution in [0.25, 0.3) is 0 Å². The van der Waals surface area contributed by atoms with Gasteiger partial charge in [0.2, 0.25) is 0 Å². The fourth-order valence-corrected chi connectivity index (χ4v) is 2.22. The van der Waals surface area contributed by atoms with Gasteiger partial charge in [0.05, 0.1) is 0 Å². The van der Waals surface area contributed by atoms with Gasteiger partial charge in [0, 0.05) is 18.2 Å². The Hall–Kier alpha value is -1.39. The lowest BCUT2D eigenvalue weighted by atomic mass is 10.1. The standard InChI is InChI=1S/C14H23N3O/c1-4-13(5-2)17(3)10-11-7-6-8-12(9-11)14(18)16-15/h6-9,13H,4-5,10,15H2,1-3H3,(H,16,18). The molecule has 0 saturated heterocycles. The van der Waals surface area contributed by atoms with E-state index in [1.807, 2.05) is 18.2 Å². The molecule has 0 bridgehead atoms. The van der Waals surface area contributed by atoms with Crippen LogP contribution in [0.3, 0.4) is 0 Å². The molecule has 0 saturated carbocycles. The average Bonchev–Trinajstić information content (AvgIpc) is 2.39. The van der Waals surface area contributed by atoms with Gasteiger partial charge in [-0.1, -0.05) is 26.0 Å². The fraction of sp³-hybridized carbons (Fsp3) is 0.500. The van der Waals surface area contributed by atoms with E-state index in [1.165, 1.54) is 0 Å². The van der Waals surface area contributed by atoms with Crippen LogP contribution in [-0.2, 0) is 6.54 Å². The molecule has 0 fully saturated rings. The number of hydrazine groups is 1. The van der Waals surface area contributed by atoms with Crippen molar-refractivity contribution in [3.8, 4) is 0 Å². The average molecular weight is 249 g/mol. The minimum atomic E-state index is -0.248. The smallest absolute Gasteiger partial charge is 0.265 e. The van der Waals surface area contributed by atoms with E-state index >= 15 is 0 Å². The minimum Gasteiger partial charge on any atom is -0.299 e. The highest BCUT2D eigenvalue weighted by Crippen LogP contribution is 2.12. The van der Waals surface area contributed by atoms with E-state index in [2.05, 4.69) is 31.2 Å². The molecule has 0 aliphatic rings. The second-order valence-electron chi connectivity index (χ2n) is 4.56. The summed E-state index contributed by atoms with van der Waals surface area (Å²) in [5.41, 5.74) is 3.89. The monoisotopic (exact) mass is 249 g/mol. The molecule has 4 heteroatoms. The zero-order valence-corrected chi connectivity index (χ0v) is 11.4. The maximum Gasteiger partial charge on any atom is 0.265 e. The van der Waals surface area contributed by atoms with Gasteiger partial charge in [-0.2, -0.15) is 0 Å². The largest absolute Gasteiger partial charge is 0.299 e. The summed E-state index contributed by atoms with van der Waals surface area (Å²) in [5.74, 6) is 4.89. The van der Waals surface area contributed by atoms with E-state index in [4.69, 9.17) is 5.84 Å². The molecule has 3 N–H and O–H groups in total. The molecule has 1 amide bonds. The number of hydrogen-bond acceptors (Lipinski definition) is 3. The first-order chi connectivity index (χ1) is 8.62. The molecule has 4 nitrogen and oxygen atoms in total. The Labute approximate surface area is 109 Å². The number of nitrogens with zero attached hydrogens (tertiary/aromatic N) is 1. The Bertz CT molecular complexity index is 388. The molecule has 0 radical (unpaired) electrons. The Morgan fingerprint density at radius 2 is 2.06 bits per heavy atom. The Kier molecular flexibility index (Phi) is 5.82. The summed E-state index contributed by atoms with van der Waals surface area (Å²) in [7, 11) is 2.12. The summed E-state index contributed by atoms with van der Waals surface area (Å²) >= 11 is 0. The van der Waals surface area contributed by atoms with E-state index < -0.39 is 0 Å². The third-order valence-corrected chi connectivity index (χ3v) is 3.32. The van der Waals surface area contributed by atoms with Crippen LogP contribution in [-0.4, -0.2) is 23.9 Å². The van der Waals surface area contributed by atoms with Crippen LogP contribution in [0.1, 0.15) is 42.6 Å². The van der Waals surface area contributed by atoms with Crippen molar-refractivity contribution in [3.05, 3.63) is 35.4 Å². The number of benzene rings is 1. The maximum absolute atomic E-state index is 11.4. The first kappa shape index (κ1) is 14.7. The lowest BCUT2D eigenvalue weighted by Gasteiger charge is -2.26. The van der Waals surface area contributed by atoms with Gasteiger partial charge in [-0.3, -0.25) is 15.1 Å². The van der Waals surface area contributed by atoms with Crippen molar-refractivity contribution in [3.63, 3.8) is 0 Å². The molecule has 18 heavy (non-hydrogen) atoms. The van der Waals surface area contributed by atoms with Gasteiger partial charge in [0.25, 0.3) is 5.91 Å². The molecule has 0 aromatic heterocycles. The topological polar surface area (TPSA) is 58.4 Å². The second-order valence-corrected chi connectivity index (χ2v) is 4.56. The lowest BCUT2D eigenvalue weighted by Crippen LogP contribution is -2.31. The van der Waals surface area contributed by atoms with Crippen molar-refractivity contribution in [2.45, 2.75) is 39.3 Å².